The number of aliphatic hydroxyl groups is 1. The van der Waals surface area contributed by atoms with E-state index >= 15 is 0 Å². The van der Waals surface area contributed by atoms with Crippen LogP contribution < -0.4 is 18.9 Å². The maximum atomic E-state index is 14.0. The molecule has 3 aromatic rings. The molecule has 3 aliphatic heterocycles. The lowest BCUT2D eigenvalue weighted by Crippen LogP contribution is -2.38. The fourth-order valence-corrected chi connectivity index (χ4v) is 5.11. The van der Waals surface area contributed by atoms with Crippen molar-refractivity contribution in [2.45, 2.75) is 12.6 Å². The summed E-state index contributed by atoms with van der Waals surface area (Å²) < 4.78 is 22.4. The minimum atomic E-state index is -1.01. The number of hydrogen-bond acceptors (Lipinski definition) is 7. The second-order valence-electron chi connectivity index (χ2n) is 8.36. The first-order chi connectivity index (χ1) is 16.6. The van der Waals surface area contributed by atoms with Crippen LogP contribution in [0.3, 0.4) is 0 Å². The largest absolute Gasteiger partial charge is 0.493 e. The number of aliphatic hydroxyl groups excluding tert-OH is 1. The van der Waals surface area contributed by atoms with Crippen LogP contribution in [-0.4, -0.2) is 43.3 Å². The van der Waals surface area contributed by atoms with Crippen molar-refractivity contribution in [3.8, 4) is 23.0 Å². The molecule has 6 rings (SSSR count). The van der Waals surface area contributed by atoms with E-state index in [4.69, 9.17) is 18.9 Å². The Labute approximate surface area is 196 Å². The Morgan fingerprint density at radius 2 is 1.76 bits per heavy atom. The summed E-state index contributed by atoms with van der Waals surface area (Å²) in [4.78, 5) is 15.9. The van der Waals surface area contributed by atoms with Gasteiger partial charge in [0.25, 0.3) is 0 Å². The van der Waals surface area contributed by atoms with Crippen LogP contribution in [0, 0.1) is 0 Å². The number of nitrogens with zero attached hydrogens (tertiary/aromatic N) is 1. The summed E-state index contributed by atoms with van der Waals surface area (Å²) >= 11 is 0. The molecule has 0 bridgehead atoms. The van der Waals surface area contributed by atoms with Gasteiger partial charge in [-0.1, -0.05) is 30.3 Å². The van der Waals surface area contributed by atoms with E-state index < -0.39 is 6.23 Å². The molecule has 0 spiro atoms. The first-order valence-electron chi connectivity index (χ1n) is 11.1. The average Bonchev–Trinajstić information content (AvgIpc) is 3.34. The first kappa shape index (κ1) is 20.6. The molecule has 3 aromatic carbocycles. The number of carbonyl (C=O) groups is 1. The number of fused-ring (bicyclic) bond motifs is 5. The molecule has 0 aliphatic carbocycles. The van der Waals surface area contributed by atoms with Crippen molar-refractivity contribution in [2.24, 2.45) is 0 Å². The molecule has 0 fully saturated rings. The number of carbonyl (C=O) groups excluding carboxylic acids is 1. The Balaban J connectivity index is 1.68. The number of hydrogen-bond donors (Lipinski definition) is 1. The van der Waals surface area contributed by atoms with Gasteiger partial charge in [0.05, 0.1) is 31.1 Å². The van der Waals surface area contributed by atoms with E-state index in [0.29, 0.717) is 63.9 Å². The lowest BCUT2D eigenvalue weighted by molar-refractivity contribution is 0.0388. The average molecular weight is 457 g/mol. The highest BCUT2D eigenvalue weighted by atomic mass is 16.7. The Morgan fingerprint density at radius 3 is 2.50 bits per heavy atom. The molecule has 3 heterocycles. The van der Waals surface area contributed by atoms with Gasteiger partial charge in [-0.25, -0.2) is 0 Å². The van der Waals surface area contributed by atoms with Crippen LogP contribution in [0.5, 0.6) is 23.0 Å². The van der Waals surface area contributed by atoms with Gasteiger partial charge >= 0.3 is 0 Å². The summed E-state index contributed by atoms with van der Waals surface area (Å²) in [6, 6.07) is 16.6. The molecule has 172 valence electrons. The Morgan fingerprint density at radius 1 is 1.00 bits per heavy atom. The van der Waals surface area contributed by atoms with Gasteiger partial charge in [0.2, 0.25) is 6.79 Å². The molecule has 7 heteroatoms. The van der Waals surface area contributed by atoms with Crippen LogP contribution >= 0.6 is 0 Å². The highest BCUT2D eigenvalue weighted by Crippen LogP contribution is 2.52. The smallest absolute Gasteiger partial charge is 0.231 e. The molecule has 0 amide bonds. The number of methoxy groups -OCH3 is 2. The molecule has 0 saturated heterocycles. The third-order valence-electron chi connectivity index (χ3n) is 6.67. The topological polar surface area (TPSA) is 77.5 Å². The van der Waals surface area contributed by atoms with Crippen molar-refractivity contribution in [1.82, 2.24) is 4.90 Å². The molecular weight excluding hydrogens is 434 g/mol. The fraction of sp³-hybridized carbons (Fsp3) is 0.222. The summed E-state index contributed by atoms with van der Waals surface area (Å²) in [7, 11) is 3.09. The van der Waals surface area contributed by atoms with Crippen molar-refractivity contribution in [3.05, 3.63) is 82.4 Å². The van der Waals surface area contributed by atoms with E-state index in [-0.39, 0.29) is 12.6 Å². The zero-order chi connectivity index (χ0) is 23.4. The van der Waals surface area contributed by atoms with E-state index in [1.807, 2.05) is 41.3 Å². The van der Waals surface area contributed by atoms with E-state index in [1.165, 1.54) is 7.11 Å². The normalized spacial score (nSPS) is 17.6. The monoisotopic (exact) mass is 457 g/mol. The maximum Gasteiger partial charge on any atom is 0.231 e. The van der Waals surface area contributed by atoms with Gasteiger partial charge in [-0.2, -0.15) is 0 Å². The highest BCUT2D eigenvalue weighted by Gasteiger charge is 2.41. The van der Waals surface area contributed by atoms with Crippen LogP contribution in [0.1, 0.15) is 38.8 Å². The lowest BCUT2D eigenvalue weighted by Gasteiger charge is -2.42. The molecule has 7 nitrogen and oxygen atoms in total. The van der Waals surface area contributed by atoms with E-state index in [1.54, 1.807) is 25.3 Å². The fourth-order valence-electron chi connectivity index (χ4n) is 5.11. The minimum absolute atomic E-state index is 0.133. The number of rotatable bonds is 4. The Kier molecular flexibility index (Phi) is 4.74. The van der Waals surface area contributed by atoms with Crippen LogP contribution in [0.4, 0.5) is 0 Å². The van der Waals surface area contributed by atoms with Crippen LogP contribution in [0.2, 0.25) is 0 Å². The van der Waals surface area contributed by atoms with Gasteiger partial charge in [-0.05, 0) is 41.8 Å². The van der Waals surface area contributed by atoms with Crippen LogP contribution in [0.15, 0.2) is 54.6 Å². The van der Waals surface area contributed by atoms with Gasteiger partial charge in [-0.3, -0.25) is 4.79 Å². The predicted molar refractivity (Wildman–Crippen MR) is 125 cm³/mol. The summed E-state index contributed by atoms with van der Waals surface area (Å²) in [5.74, 6) is 2.11. The number of ether oxygens (including phenoxy) is 4. The molecule has 1 atom stereocenters. The third-order valence-corrected chi connectivity index (χ3v) is 6.67. The molecule has 0 aromatic heterocycles. The van der Waals surface area contributed by atoms with Crippen molar-refractivity contribution in [1.29, 1.82) is 0 Å². The molecular formula is C27H23NO6. The summed E-state index contributed by atoms with van der Waals surface area (Å²) in [6.07, 6.45) is -0.332. The second-order valence-corrected chi connectivity index (χ2v) is 8.36. The second kappa shape index (κ2) is 7.81. The Bertz CT molecular complexity index is 1350. The van der Waals surface area contributed by atoms with Gasteiger partial charge in [0, 0.05) is 17.7 Å². The zero-order valence-corrected chi connectivity index (χ0v) is 18.8. The zero-order valence-electron chi connectivity index (χ0n) is 18.8. The van der Waals surface area contributed by atoms with Crippen LogP contribution in [0.25, 0.3) is 11.3 Å². The maximum absolute atomic E-state index is 14.0. The van der Waals surface area contributed by atoms with Gasteiger partial charge in [0.15, 0.2) is 35.0 Å². The van der Waals surface area contributed by atoms with Gasteiger partial charge < -0.3 is 29.0 Å². The van der Waals surface area contributed by atoms with E-state index in [9.17, 15) is 9.90 Å². The number of benzene rings is 3. The van der Waals surface area contributed by atoms with E-state index in [0.717, 1.165) is 11.1 Å². The van der Waals surface area contributed by atoms with Gasteiger partial charge in [-0.15, -0.1) is 0 Å². The molecule has 0 unspecified atom stereocenters. The molecule has 0 saturated carbocycles. The molecule has 1 N–H and O–H groups in total. The Hall–Kier alpha value is -3.97. The standard InChI is InChI=1S/C27H23NO6/c1-31-19-9-8-17-22(25(29)15-6-4-3-5-7-15)24-18-13-21-20(33-14-34-21)12-16(18)10-11-28(24)27(30)23(17)26(19)32-2/h3-9,12-13,27,30H,10-11,14H2,1-2H3/t27-/m0/s1. The predicted octanol–water partition coefficient (Wildman–Crippen LogP) is 4.05. The van der Waals surface area contributed by atoms with Crippen molar-refractivity contribution in [2.75, 3.05) is 27.6 Å². The summed E-state index contributed by atoms with van der Waals surface area (Å²) in [6.45, 7) is 0.688. The van der Waals surface area contributed by atoms with E-state index in [2.05, 4.69) is 0 Å². The number of allylic oxidation sites excluding steroid dienone is 1. The number of Topliss-reactive ketones (excluding diaryl/α,β-unsaturated/α-hetero) is 1. The molecule has 0 radical (unpaired) electrons. The minimum Gasteiger partial charge on any atom is -0.493 e. The van der Waals surface area contributed by atoms with Crippen LogP contribution in [-0.2, 0) is 6.42 Å². The van der Waals surface area contributed by atoms with Gasteiger partial charge in [0.1, 0.15) is 0 Å². The highest BCUT2D eigenvalue weighted by molar-refractivity contribution is 6.35. The van der Waals surface area contributed by atoms with Crippen molar-refractivity contribution in [3.63, 3.8) is 0 Å². The third kappa shape index (κ3) is 2.90. The quantitative estimate of drug-likeness (QED) is 0.593. The SMILES string of the molecule is COc1ccc2c(c1OC)[C@H](O)N1CCc3cc4c(cc3C1=C2C(=O)c1ccccc1)OCO4. The van der Waals surface area contributed by atoms with Crippen molar-refractivity contribution >= 4 is 17.1 Å². The first-order valence-corrected chi connectivity index (χ1v) is 11.1. The molecule has 3 aliphatic rings. The number of ketones is 1. The summed E-state index contributed by atoms with van der Waals surface area (Å²) in [5, 5.41) is 11.6. The van der Waals surface area contributed by atoms with Crippen molar-refractivity contribution < 1.29 is 28.8 Å². The molecule has 34 heavy (non-hydrogen) atoms. The summed E-state index contributed by atoms with van der Waals surface area (Å²) in [5.41, 5.74) is 4.80. The lowest BCUT2D eigenvalue weighted by atomic mass is 9.81.